The Hall–Kier alpha value is -1.40. The van der Waals surface area contributed by atoms with E-state index in [9.17, 15) is 5.11 Å². The molecule has 2 heterocycles. The molecule has 19 heavy (non-hydrogen) atoms. The normalized spacial score (nSPS) is 13.7. The van der Waals surface area contributed by atoms with Gasteiger partial charge in [0.25, 0.3) is 0 Å². The summed E-state index contributed by atoms with van der Waals surface area (Å²) in [6, 6.07) is 0.0648. The Balaban J connectivity index is 2.35. The molecule has 0 aliphatic carbocycles. The molecule has 0 aliphatic heterocycles. The van der Waals surface area contributed by atoms with E-state index < -0.39 is 0 Å². The molecule has 0 saturated heterocycles. The zero-order valence-electron chi connectivity index (χ0n) is 11.2. The summed E-state index contributed by atoms with van der Waals surface area (Å²) in [6.45, 7) is 6.42. The number of fused-ring (bicyclic) bond motifs is 1. The number of halogens is 1. The molecule has 0 fully saturated rings. The smallest absolute Gasteiger partial charge is 0.226 e. The number of imidazole rings is 1. The maximum Gasteiger partial charge on any atom is 0.226 e. The molecule has 7 heteroatoms. The molecule has 6 nitrogen and oxygen atoms in total. The van der Waals surface area contributed by atoms with Crippen molar-refractivity contribution in [2.45, 2.75) is 33.2 Å². The van der Waals surface area contributed by atoms with Crippen molar-refractivity contribution < 1.29 is 5.11 Å². The van der Waals surface area contributed by atoms with E-state index >= 15 is 0 Å². The molecular formula is C12H18ClN5O. The van der Waals surface area contributed by atoms with Gasteiger partial charge in [-0.05, 0) is 23.4 Å². The van der Waals surface area contributed by atoms with Crippen LogP contribution in [0.5, 0.6) is 0 Å². The Morgan fingerprint density at radius 1 is 1.42 bits per heavy atom. The Bertz CT molecular complexity index is 563. The number of aromatic nitrogens is 4. The summed E-state index contributed by atoms with van der Waals surface area (Å²) in [6.07, 6.45) is 2.18. The third kappa shape index (κ3) is 3.13. The third-order valence-electron chi connectivity index (χ3n) is 3.03. The molecule has 1 atom stereocenters. The second kappa shape index (κ2) is 5.30. The van der Waals surface area contributed by atoms with E-state index in [1.165, 1.54) is 0 Å². The van der Waals surface area contributed by atoms with Crippen molar-refractivity contribution in [2.75, 3.05) is 11.9 Å². The van der Waals surface area contributed by atoms with Gasteiger partial charge in [-0.2, -0.15) is 9.97 Å². The van der Waals surface area contributed by atoms with E-state index in [2.05, 4.69) is 46.0 Å². The second-order valence-electron chi connectivity index (χ2n) is 5.52. The van der Waals surface area contributed by atoms with Crippen LogP contribution in [0, 0.1) is 5.41 Å². The predicted molar refractivity (Wildman–Crippen MR) is 75.3 cm³/mol. The summed E-state index contributed by atoms with van der Waals surface area (Å²) in [5.41, 5.74) is 1.22. The number of H-pyrrole nitrogens is 1. The second-order valence-corrected chi connectivity index (χ2v) is 5.86. The quantitative estimate of drug-likeness (QED) is 0.749. The van der Waals surface area contributed by atoms with Crippen molar-refractivity contribution in [2.24, 2.45) is 5.41 Å². The fourth-order valence-electron chi connectivity index (χ4n) is 1.93. The summed E-state index contributed by atoms with van der Waals surface area (Å²) in [4.78, 5) is 15.3. The van der Waals surface area contributed by atoms with Crippen molar-refractivity contribution >= 4 is 28.6 Å². The first kappa shape index (κ1) is 14.0. The maximum absolute atomic E-state index is 9.19. The average molecular weight is 284 g/mol. The van der Waals surface area contributed by atoms with Crippen molar-refractivity contribution in [3.05, 3.63) is 11.6 Å². The van der Waals surface area contributed by atoms with Crippen molar-refractivity contribution in [1.82, 2.24) is 19.9 Å². The fourth-order valence-corrected chi connectivity index (χ4v) is 2.09. The molecule has 2 aromatic heterocycles. The fraction of sp³-hybridized carbons (Fsp3) is 0.583. The molecule has 104 valence electrons. The maximum atomic E-state index is 9.19. The first-order valence-corrected chi connectivity index (χ1v) is 6.53. The summed E-state index contributed by atoms with van der Waals surface area (Å²) in [5, 5.41) is 12.7. The van der Waals surface area contributed by atoms with Crippen LogP contribution in [0.2, 0.25) is 5.28 Å². The van der Waals surface area contributed by atoms with Crippen LogP contribution in [-0.4, -0.2) is 37.7 Å². The number of aromatic amines is 1. The van der Waals surface area contributed by atoms with Crippen molar-refractivity contribution in [3.63, 3.8) is 0 Å². The number of aliphatic hydroxyl groups excluding tert-OH is 1. The molecule has 0 saturated carbocycles. The third-order valence-corrected chi connectivity index (χ3v) is 3.20. The minimum absolute atomic E-state index is 0.0213. The number of hydrogen-bond acceptors (Lipinski definition) is 5. The molecule has 1 unspecified atom stereocenters. The average Bonchev–Trinajstić information content (AvgIpc) is 2.74. The monoisotopic (exact) mass is 283 g/mol. The van der Waals surface area contributed by atoms with E-state index in [1.807, 2.05) is 0 Å². The number of nitrogens with one attached hydrogen (secondary N) is 2. The zero-order chi connectivity index (χ0) is 14.0. The van der Waals surface area contributed by atoms with Crippen LogP contribution in [0.3, 0.4) is 0 Å². The van der Waals surface area contributed by atoms with Crippen LogP contribution < -0.4 is 5.32 Å². The van der Waals surface area contributed by atoms with Crippen molar-refractivity contribution in [3.8, 4) is 0 Å². The summed E-state index contributed by atoms with van der Waals surface area (Å²) in [5.74, 6) is 0.612. The van der Waals surface area contributed by atoms with Crippen molar-refractivity contribution in [1.29, 1.82) is 0 Å². The lowest BCUT2D eigenvalue weighted by atomic mass is 9.85. The molecule has 2 rings (SSSR count). The highest BCUT2D eigenvalue weighted by Crippen LogP contribution is 2.27. The summed E-state index contributed by atoms with van der Waals surface area (Å²) < 4.78 is 0. The van der Waals surface area contributed by atoms with Gasteiger partial charge in [0.1, 0.15) is 5.52 Å². The molecule has 0 radical (unpaired) electrons. The molecular weight excluding hydrogens is 266 g/mol. The Morgan fingerprint density at radius 2 is 2.16 bits per heavy atom. The topological polar surface area (TPSA) is 86.7 Å². The zero-order valence-corrected chi connectivity index (χ0v) is 12.0. The molecule has 3 N–H and O–H groups in total. The SMILES string of the molecule is CC(C)(C)C(CCO)Nc1nc(Cl)nc2nc[nH]c12. The molecule has 0 spiro atoms. The Labute approximate surface area is 116 Å². The number of aliphatic hydroxyl groups is 1. The van der Waals surface area contributed by atoms with Crippen LogP contribution in [0.15, 0.2) is 6.33 Å². The van der Waals surface area contributed by atoms with Gasteiger partial charge in [-0.1, -0.05) is 20.8 Å². The number of hydrogen-bond donors (Lipinski definition) is 3. The van der Waals surface area contributed by atoms with Gasteiger partial charge in [0.15, 0.2) is 11.5 Å². The van der Waals surface area contributed by atoms with E-state index in [0.717, 1.165) is 5.52 Å². The molecule has 0 amide bonds. The van der Waals surface area contributed by atoms with Crippen LogP contribution in [0.4, 0.5) is 5.82 Å². The van der Waals surface area contributed by atoms with E-state index in [0.29, 0.717) is 17.9 Å². The number of anilines is 1. The summed E-state index contributed by atoms with van der Waals surface area (Å²) >= 11 is 5.89. The highest BCUT2D eigenvalue weighted by atomic mass is 35.5. The lowest BCUT2D eigenvalue weighted by Gasteiger charge is -2.31. The molecule has 0 aliphatic rings. The van der Waals surface area contributed by atoms with Gasteiger partial charge in [0.05, 0.1) is 6.33 Å². The van der Waals surface area contributed by atoms with Crippen LogP contribution in [0.1, 0.15) is 27.2 Å². The van der Waals surface area contributed by atoms with Gasteiger partial charge in [0.2, 0.25) is 5.28 Å². The van der Waals surface area contributed by atoms with Crippen LogP contribution in [-0.2, 0) is 0 Å². The molecule has 2 aromatic rings. The largest absolute Gasteiger partial charge is 0.396 e. The molecule has 0 bridgehead atoms. The Morgan fingerprint density at radius 3 is 2.79 bits per heavy atom. The summed E-state index contributed by atoms with van der Waals surface area (Å²) in [7, 11) is 0. The lowest BCUT2D eigenvalue weighted by Crippen LogP contribution is -2.35. The van der Waals surface area contributed by atoms with Gasteiger partial charge in [-0.3, -0.25) is 0 Å². The van der Waals surface area contributed by atoms with Gasteiger partial charge in [-0.25, -0.2) is 4.98 Å². The van der Waals surface area contributed by atoms with Crippen LogP contribution >= 0.6 is 11.6 Å². The Kier molecular flexibility index (Phi) is 3.91. The lowest BCUT2D eigenvalue weighted by molar-refractivity contribution is 0.235. The van der Waals surface area contributed by atoms with E-state index in [1.54, 1.807) is 6.33 Å². The minimum Gasteiger partial charge on any atom is -0.396 e. The first-order chi connectivity index (χ1) is 8.91. The number of nitrogens with zero attached hydrogens (tertiary/aromatic N) is 3. The standard InChI is InChI=1S/C12H18ClN5O/c1-12(2,3)7(4-5-19)16-10-8-9(15-6-14-8)17-11(13)18-10/h6-7,19H,4-5H2,1-3H3,(H2,14,15,16,17,18). The highest BCUT2D eigenvalue weighted by molar-refractivity contribution is 6.28. The van der Waals surface area contributed by atoms with E-state index in [-0.39, 0.29) is 23.3 Å². The minimum atomic E-state index is -0.0213. The highest BCUT2D eigenvalue weighted by Gasteiger charge is 2.25. The van der Waals surface area contributed by atoms with Gasteiger partial charge in [0, 0.05) is 12.6 Å². The van der Waals surface area contributed by atoms with Crippen LogP contribution in [0.25, 0.3) is 11.2 Å². The first-order valence-electron chi connectivity index (χ1n) is 6.16. The van der Waals surface area contributed by atoms with Gasteiger partial charge >= 0.3 is 0 Å². The van der Waals surface area contributed by atoms with E-state index in [4.69, 9.17) is 11.6 Å². The number of rotatable bonds is 4. The van der Waals surface area contributed by atoms with Gasteiger partial charge < -0.3 is 15.4 Å². The predicted octanol–water partition coefficient (Wildman–Crippen LogP) is 2.22. The van der Waals surface area contributed by atoms with Gasteiger partial charge in [-0.15, -0.1) is 0 Å². The molecule has 0 aromatic carbocycles.